The lowest BCUT2D eigenvalue weighted by atomic mass is 9.97. The van der Waals surface area contributed by atoms with Crippen molar-refractivity contribution in [2.45, 2.75) is 26.1 Å². The lowest BCUT2D eigenvalue weighted by Crippen LogP contribution is -2.04. The van der Waals surface area contributed by atoms with E-state index in [0.717, 1.165) is 10.0 Å². The molecule has 1 fully saturated rings. The number of halogens is 1. The third kappa shape index (κ3) is 2.41. The van der Waals surface area contributed by atoms with Crippen LogP contribution in [0.1, 0.15) is 37.2 Å². The van der Waals surface area contributed by atoms with Gasteiger partial charge in [0.2, 0.25) is 0 Å². The minimum absolute atomic E-state index is 0.171. The van der Waals surface area contributed by atoms with Crippen LogP contribution in [0.5, 0.6) is 0 Å². The zero-order valence-electron chi connectivity index (χ0n) is 9.00. The van der Waals surface area contributed by atoms with Crippen molar-refractivity contribution in [3.05, 3.63) is 33.8 Å². The average Bonchev–Trinajstić information content (AvgIpc) is 2.70. The predicted molar refractivity (Wildman–Crippen MR) is 62.9 cm³/mol. The van der Waals surface area contributed by atoms with Gasteiger partial charge in [-0.1, -0.05) is 35.8 Å². The number of hydrogen-bond donors (Lipinski definition) is 0. The maximum absolute atomic E-state index is 5.53. The van der Waals surface area contributed by atoms with Gasteiger partial charge in [0.25, 0.3) is 0 Å². The highest BCUT2D eigenvalue weighted by Gasteiger charge is 2.22. The lowest BCUT2D eigenvalue weighted by Gasteiger charge is -2.17. The van der Waals surface area contributed by atoms with Crippen molar-refractivity contribution >= 4 is 15.9 Å². The van der Waals surface area contributed by atoms with Gasteiger partial charge in [-0.05, 0) is 23.6 Å². The molecule has 0 amide bonds. The maximum Gasteiger partial charge on any atom is 0.184 e. The van der Waals surface area contributed by atoms with E-state index >= 15 is 0 Å². The summed E-state index contributed by atoms with van der Waals surface area (Å²) in [6, 6.07) is 6.26. The molecule has 0 aromatic heterocycles. The molecule has 0 spiro atoms. The molecule has 15 heavy (non-hydrogen) atoms. The molecule has 1 aliphatic rings. The van der Waals surface area contributed by atoms with Crippen molar-refractivity contribution in [2.75, 3.05) is 13.2 Å². The number of hydrogen-bond acceptors (Lipinski definition) is 2. The van der Waals surface area contributed by atoms with Crippen molar-refractivity contribution in [2.24, 2.45) is 0 Å². The molecule has 82 valence electrons. The summed E-state index contributed by atoms with van der Waals surface area (Å²) in [5.74, 6) is 0.477. The Balaban J connectivity index is 2.36. The summed E-state index contributed by atoms with van der Waals surface area (Å²) < 4.78 is 12.2. The summed E-state index contributed by atoms with van der Waals surface area (Å²) in [5, 5.41) is 0. The second-order valence-electron chi connectivity index (χ2n) is 4.00. The van der Waals surface area contributed by atoms with Gasteiger partial charge < -0.3 is 9.47 Å². The molecule has 0 radical (unpaired) electrons. The first kappa shape index (κ1) is 11.1. The van der Waals surface area contributed by atoms with Crippen molar-refractivity contribution < 1.29 is 9.47 Å². The largest absolute Gasteiger partial charge is 0.346 e. The summed E-state index contributed by atoms with van der Waals surface area (Å²) in [7, 11) is 0. The van der Waals surface area contributed by atoms with Crippen LogP contribution in [-0.2, 0) is 9.47 Å². The summed E-state index contributed by atoms with van der Waals surface area (Å²) in [6.07, 6.45) is -0.171. The highest BCUT2D eigenvalue weighted by Crippen LogP contribution is 2.32. The first-order valence-electron chi connectivity index (χ1n) is 5.21. The van der Waals surface area contributed by atoms with E-state index in [1.165, 1.54) is 5.56 Å². The quantitative estimate of drug-likeness (QED) is 0.818. The van der Waals surface area contributed by atoms with E-state index < -0.39 is 0 Å². The lowest BCUT2D eigenvalue weighted by molar-refractivity contribution is -0.0448. The van der Waals surface area contributed by atoms with Crippen molar-refractivity contribution in [3.8, 4) is 0 Å². The molecule has 1 aromatic rings. The third-order valence-corrected chi connectivity index (χ3v) is 3.04. The van der Waals surface area contributed by atoms with E-state index in [1.54, 1.807) is 0 Å². The van der Waals surface area contributed by atoms with Gasteiger partial charge in [-0.2, -0.15) is 0 Å². The molecule has 1 aromatic carbocycles. The van der Waals surface area contributed by atoms with E-state index in [0.29, 0.717) is 19.1 Å². The zero-order chi connectivity index (χ0) is 10.8. The molecule has 0 N–H and O–H groups in total. The molecule has 0 atom stereocenters. The summed E-state index contributed by atoms with van der Waals surface area (Å²) in [6.45, 7) is 5.75. The predicted octanol–water partition coefficient (Wildman–Crippen LogP) is 3.62. The third-order valence-electron chi connectivity index (χ3n) is 2.55. The molecule has 1 saturated heterocycles. The summed E-state index contributed by atoms with van der Waals surface area (Å²) >= 11 is 3.49. The number of ether oxygens (including phenoxy) is 2. The fourth-order valence-corrected chi connectivity index (χ4v) is 2.18. The second kappa shape index (κ2) is 4.64. The van der Waals surface area contributed by atoms with Crippen molar-refractivity contribution in [1.82, 2.24) is 0 Å². The van der Waals surface area contributed by atoms with Crippen LogP contribution in [0.25, 0.3) is 0 Å². The van der Waals surface area contributed by atoms with Gasteiger partial charge in [0.15, 0.2) is 6.29 Å². The van der Waals surface area contributed by atoms with Crippen LogP contribution in [0.15, 0.2) is 22.7 Å². The van der Waals surface area contributed by atoms with Crippen LogP contribution in [0.2, 0.25) is 0 Å². The Hall–Kier alpha value is -0.380. The fourth-order valence-electron chi connectivity index (χ4n) is 1.80. The Kier molecular flexibility index (Phi) is 3.44. The minimum atomic E-state index is -0.171. The monoisotopic (exact) mass is 270 g/mol. The highest BCUT2D eigenvalue weighted by molar-refractivity contribution is 9.10. The molecule has 3 heteroatoms. The molecule has 2 rings (SSSR count). The second-order valence-corrected chi connectivity index (χ2v) is 4.92. The molecule has 1 aliphatic heterocycles. The molecular formula is C12H15BrO2. The van der Waals surface area contributed by atoms with Crippen LogP contribution >= 0.6 is 15.9 Å². The van der Waals surface area contributed by atoms with Gasteiger partial charge in [0, 0.05) is 10.0 Å². The van der Waals surface area contributed by atoms with Gasteiger partial charge in [-0.15, -0.1) is 0 Å². The highest BCUT2D eigenvalue weighted by atomic mass is 79.9. The molecule has 0 bridgehead atoms. The Morgan fingerprint density at radius 2 is 1.93 bits per heavy atom. The SMILES string of the molecule is CC(C)c1cc(Br)ccc1C1OCCO1. The number of benzene rings is 1. The van der Waals surface area contributed by atoms with Crippen molar-refractivity contribution in [3.63, 3.8) is 0 Å². The van der Waals surface area contributed by atoms with Crippen LogP contribution < -0.4 is 0 Å². The normalized spacial score (nSPS) is 17.6. The van der Waals surface area contributed by atoms with Gasteiger partial charge in [0.1, 0.15) is 0 Å². The number of rotatable bonds is 2. The Bertz CT molecular complexity index is 343. The molecular weight excluding hydrogens is 256 g/mol. The standard InChI is InChI=1S/C12H15BrO2/c1-8(2)11-7-9(13)3-4-10(11)12-14-5-6-15-12/h3-4,7-8,12H,5-6H2,1-2H3. The van der Waals surface area contributed by atoms with Gasteiger partial charge in [-0.3, -0.25) is 0 Å². The first-order chi connectivity index (χ1) is 7.18. The van der Waals surface area contributed by atoms with Gasteiger partial charge >= 0.3 is 0 Å². The van der Waals surface area contributed by atoms with E-state index in [4.69, 9.17) is 9.47 Å². The van der Waals surface area contributed by atoms with E-state index in [2.05, 4.69) is 41.9 Å². The summed E-state index contributed by atoms with van der Waals surface area (Å²) in [4.78, 5) is 0. The van der Waals surface area contributed by atoms with Crippen LogP contribution in [0, 0.1) is 0 Å². The zero-order valence-corrected chi connectivity index (χ0v) is 10.6. The van der Waals surface area contributed by atoms with E-state index in [9.17, 15) is 0 Å². The maximum atomic E-state index is 5.53. The fraction of sp³-hybridized carbons (Fsp3) is 0.500. The van der Waals surface area contributed by atoms with E-state index in [1.807, 2.05) is 6.07 Å². The first-order valence-corrected chi connectivity index (χ1v) is 6.00. The molecule has 2 nitrogen and oxygen atoms in total. The summed E-state index contributed by atoms with van der Waals surface area (Å²) in [5.41, 5.74) is 2.45. The Morgan fingerprint density at radius 3 is 2.53 bits per heavy atom. The minimum Gasteiger partial charge on any atom is -0.346 e. The smallest absolute Gasteiger partial charge is 0.184 e. The Morgan fingerprint density at radius 1 is 1.27 bits per heavy atom. The average molecular weight is 271 g/mol. The van der Waals surface area contributed by atoms with Crippen LogP contribution in [0.3, 0.4) is 0 Å². The van der Waals surface area contributed by atoms with E-state index in [-0.39, 0.29) is 6.29 Å². The van der Waals surface area contributed by atoms with Crippen LogP contribution in [-0.4, -0.2) is 13.2 Å². The Labute approximate surface area is 98.7 Å². The van der Waals surface area contributed by atoms with Gasteiger partial charge in [0.05, 0.1) is 13.2 Å². The molecule has 0 saturated carbocycles. The topological polar surface area (TPSA) is 18.5 Å². The van der Waals surface area contributed by atoms with Crippen LogP contribution in [0.4, 0.5) is 0 Å². The molecule has 1 heterocycles. The van der Waals surface area contributed by atoms with Crippen molar-refractivity contribution in [1.29, 1.82) is 0 Å². The molecule has 0 unspecified atom stereocenters. The van der Waals surface area contributed by atoms with Gasteiger partial charge in [-0.25, -0.2) is 0 Å². The molecule has 0 aliphatic carbocycles.